The second-order valence-corrected chi connectivity index (χ2v) is 15.2. The van der Waals surface area contributed by atoms with E-state index in [2.05, 4.69) is 14.9 Å². The molecule has 49 heavy (non-hydrogen) atoms. The maximum absolute atomic E-state index is 17.0. The fraction of sp³-hybridized carbons (Fsp3) is 0.556. The van der Waals surface area contributed by atoms with Crippen molar-refractivity contribution in [2.24, 2.45) is 0 Å². The summed E-state index contributed by atoms with van der Waals surface area (Å²) in [4.78, 5) is 29.0. The van der Waals surface area contributed by atoms with Gasteiger partial charge in [0.05, 0.1) is 29.3 Å². The lowest BCUT2D eigenvalue weighted by Gasteiger charge is -2.42. The molecule has 8 rings (SSSR count). The number of hydrogen-bond donors (Lipinski definition) is 1. The molecular formula is C36H44F2N8O3. The number of aromatic nitrogens is 4. The summed E-state index contributed by atoms with van der Waals surface area (Å²) in [7, 11) is 0. The summed E-state index contributed by atoms with van der Waals surface area (Å²) in [6, 6.07) is 7.13. The molecule has 0 aliphatic carbocycles. The second-order valence-electron chi connectivity index (χ2n) is 15.2. The van der Waals surface area contributed by atoms with Crippen molar-refractivity contribution in [3.63, 3.8) is 0 Å². The minimum Gasteiger partial charge on any atom is -0.461 e. The molecule has 2 aromatic carbocycles. The van der Waals surface area contributed by atoms with Crippen LogP contribution in [0.4, 0.5) is 25.1 Å². The maximum Gasteiger partial charge on any atom is 0.410 e. The Labute approximate surface area is 284 Å². The molecular weight excluding hydrogens is 630 g/mol. The number of nitrogen functional groups attached to an aromatic ring is 1. The molecule has 1 amide bonds. The van der Waals surface area contributed by atoms with Gasteiger partial charge in [0.1, 0.15) is 29.7 Å². The number of benzene rings is 2. The van der Waals surface area contributed by atoms with Gasteiger partial charge in [-0.25, -0.2) is 13.6 Å². The van der Waals surface area contributed by atoms with Crippen LogP contribution in [0.15, 0.2) is 30.5 Å². The summed E-state index contributed by atoms with van der Waals surface area (Å²) in [6.07, 6.45) is 4.42. The Bertz CT molecular complexity index is 1930. The summed E-state index contributed by atoms with van der Waals surface area (Å²) in [6.45, 7) is 10.7. The van der Waals surface area contributed by atoms with Crippen LogP contribution >= 0.6 is 0 Å². The molecule has 260 valence electrons. The fourth-order valence-electron chi connectivity index (χ4n) is 8.68. The smallest absolute Gasteiger partial charge is 0.410 e. The van der Waals surface area contributed by atoms with Crippen molar-refractivity contribution in [3.05, 3.63) is 36.3 Å². The van der Waals surface area contributed by atoms with Gasteiger partial charge in [0.15, 0.2) is 5.82 Å². The van der Waals surface area contributed by atoms with E-state index in [-0.39, 0.29) is 36.3 Å². The first kappa shape index (κ1) is 32.0. The van der Waals surface area contributed by atoms with Crippen LogP contribution in [-0.4, -0.2) is 97.8 Å². The summed E-state index contributed by atoms with van der Waals surface area (Å²) in [5, 5.41) is 5.87. The molecule has 4 fully saturated rings. The molecule has 13 heteroatoms. The van der Waals surface area contributed by atoms with Crippen molar-refractivity contribution < 1.29 is 23.0 Å². The van der Waals surface area contributed by atoms with Crippen LogP contribution in [0.1, 0.15) is 59.8 Å². The normalized spacial score (nSPS) is 25.5. The zero-order valence-corrected chi connectivity index (χ0v) is 28.6. The van der Waals surface area contributed by atoms with Crippen molar-refractivity contribution in [3.8, 4) is 17.1 Å². The van der Waals surface area contributed by atoms with Crippen molar-refractivity contribution in [2.45, 2.75) is 95.7 Å². The van der Waals surface area contributed by atoms with Gasteiger partial charge in [-0.15, -0.1) is 0 Å². The Kier molecular flexibility index (Phi) is 7.62. The van der Waals surface area contributed by atoms with E-state index >= 15 is 4.39 Å². The lowest BCUT2D eigenvalue weighted by atomic mass is 9.95. The average Bonchev–Trinajstić information content (AvgIpc) is 3.78. The molecule has 2 bridgehead atoms. The summed E-state index contributed by atoms with van der Waals surface area (Å²) in [5.74, 6) is 0.0422. The molecule has 2 aromatic heterocycles. The number of halogens is 2. The Morgan fingerprint density at radius 2 is 1.88 bits per heavy atom. The number of alkyl halides is 1. The summed E-state index contributed by atoms with van der Waals surface area (Å²) < 4.78 is 45.5. The van der Waals surface area contributed by atoms with E-state index in [1.807, 2.05) is 49.4 Å². The van der Waals surface area contributed by atoms with E-state index in [0.717, 1.165) is 43.1 Å². The van der Waals surface area contributed by atoms with Gasteiger partial charge in [-0.2, -0.15) is 15.1 Å². The van der Waals surface area contributed by atoms with Crippen molar-refractivity contribution in [1.29, 1.82) is 0 Å². The number of piperazine rings is 1. The Morgan fingerprint density at radius 1 is 1.10 bits per heavy atom. The number of ether oxygens (including phenoxy) is 2. The molecule has 6 heterocycles. The molecule has 2 N–H and O–H groups in total. The highest BCUT2D eigenvalue weighted by Crippen LogP contribution is 2.42. The summed E-state index contributed by atoms with van der Waals surface area (Å²) in [5.41, 5.74) is 7.68. The third kappa shape index (κ3) is 5.50. The van der Waals surface area contributed by atoms with E-state index in [4.69, 9.17) is 25.2 Å². The van der Waals surface area contributed by atoms with E-state index in [9.17, 15) is 9.18 Å². The van der Waals surface area contributed by atoms with Crippen LogP contribution in [0.5, 0.6) is 6.01 Å². The highest BCUT2D eigenvalue weighted by atomic mass is 19.1. The molecule has 4 atom stereocenters. The van der Waals surface area contributed by atoms with Gasteiger partial charge >= 0.3 is 12.1 Å². The SMILES string of the molecule is CCn1ncc2cc(N)cc(-c3ccc4c(N5C[C@H]6CC[C@@H](C5)N6C(=O)OC(C)(C)C)nc(OC[C@@]56CCCN5C[C@H](F)C6)nc4c3F)c21. The fourth-order valence-corrected chi connectivity index (χ4v) is 8.68. The molecule has 11 nitrogen and oxygen atoms in total. The lowest BCUT2D eigenvalue weighted by molar-refractivity contribution is 0.0122. The number of amides is 1. The van der Waals surface area contributed by atoms with Gasteiger partial charge in [-0.1, -0.05) is 6.07 Å². The van der Waals surface area contributed by atoms with Gasteiger partial charge < -0.3 is 20.1 Å². The third-order valence-electron chi connectivity index (χ3n) is 10.7. The van der Waals surface area contributed by atoms with Gasteiger partial charge in [0.25, 0.3) is 0 Å². The highest BCUT2D eigenvalue weighted by molar-refractivity contribution is 6.00. The molecule has 0 saturated carbocycles. The lowest BCUT2D eigenvalue weighted by Crippen LogP contribution is -2.57. The number of anilines is 2. The molecule has 0 spiro atoms. The minimum atomic E-state index is -0.902. The van der Waals surface area contributed by atoms with E-state index < -0.39 is 23.1 Å². The van der Waals surface area contributed by atoms with Crippen LogP contribution in [0.25, 0.3) is 32.9 Å². The molecule has 0 unspecified atom stereocenters. The topological polar surface area (TPSA) is 115 Å². The highest BCUT2D eigenvalue weighted by Gasteiger charge is 2.50. The summed E-state index contributed by atoms with van der Waals surface area (Å²) >= 11 is 0. The predicted molar refractivity (Wildman–Crippen MR) is 184 cm³/mol. The molecule has 4 aliphatic heterocycles. The first-order valence-corrected chi connectivity index (χ1v) is 17.5. The van der Waals surface area contributed by atoms with Gasteiger partial charge in [-0.05, 0) is 78.1 Å². The Balaban J connectivity index is 1.21. The zero-order chi connectivity index (χ0) is 34.2. The molecule has 0 radical (unpaired) electrons. The third-order valence-corrected chi connectivity index (χ3v) is 10.7. The largest absolute Gasteiger partial charge is 0.461 e. The van der Waals surface area contributed by atoms with Gasteiger partial charge in [-0.3, -0.25) is 14.5 Å². The second kappa shape index (κ2) is 11.7. The number of rotatable bonds is 6. The number of aryl methyl sites for hydroxylation is 1. The van der Waals surface area contributed by atoms with E-state index in [0.29, 0.717) is 60.6 Å². The van der Waals surface area contributed by atoms with E-state index in [1.165, 1.54) is 0 Å². The average molecular weight is 675 g/mol. The van der Waals surface area contributed by atoms with E-state index in [1.54, 1.807) is 18.3 Å². The monoisotopic (exact) mass is 674 g/mol. The van der Waals surface area contributed by atoms with Gasteiger partial charge in [0.2, 0.25) is 0 Å². The minimum absolute atomic E-state index is 0.0559. The molecule has 4 aliphatic rings. The molecule has 4 aromatic rings. The predicted octanol–water partition coefficient (Wildman–Crippen LogP) is 5.93. The van der Waals surface area contributed by atoms with Crippen LogP contribution in [0.2, 0.25) is 0 Å². The standard InChI is InChI=1S/C36H44F2N8O3/c1-5-45-31-21(16-40-45)13-23(39)14-28(31)26-9-10-27-30(29(26)38)41-33(48-20-36-11-6-12-44(36)17-22(37)15-36)42-32(27)43-18-24-7-8-25(19-43)46(24)34(47)49-35(2,3)4/h9-10,13-14,16,22,24-25H,5-8,11-12,15,17-20,39H2,1-4H3/t22-,24-,25+,36+/m1/s1. The van der Waals surface area contributed by atoms with Crippen LogP contribution < -0.4 is 15.4 Å². The number of hydrogen-bond acceptors (Lipinski definition) is 9. The Morgan fingerprint density at radius 3 is 2.61 bits per heavy atom. The van der Waals surface area contributed by atoms with Crippen molar-refractivity contribution in [2.75, 3.05) is 43.4 Å². The Hall–Kier alpha value is -4.26. The number of nitrogens with two attached hydrogens (primary N) is 1. The van der Waals surface area contributed by atoms with Crippen molar-refractivity contribution >= 4 is 39.4 Å². The number of carbonyl (C=O) groups excluding carboxylic acids is 1. The first-order chi connectivity index (χ1) is 23.4. The number of nitrogens with zero attached hydrogens (tertiary/aromatic N) is 7. The van der Waals surface area contributed by atoms with Crippen LogP contribution in [0.3, 0.4) is 0 Å². The first-order valence-electron chi connectivity index (χ1n) is 17.5. The maximum atomic E-state index is 17.0. The van der Waals surface area contributed by atoms with Crippen LogP contribution in [-0.2, 0) is 11.3 Å². The number of fused-ring (bicyclic) bond motifs is 5. The quantitative estimate of drug-likeness (QED) is 0.249. The molecule has 4 saturated heterocycles. The number of carbonyl (C=O) groups is 1. The van der Waals surface area contributed by atoms with Gasteiger partial charge in [0, 0.05) is 60.2 Å². The van der Waals surface area contributed by atoms with Crippen LogP contribution in [0, 0.1) is 5.82 Å². The van der Waals surface area contributed by atoms with Crippen molar-refractivity contribution in [1.82, 2.24) is 29.5 Å². The zero-order valence-electron chi connectivity index (χ0n) is 28.6.